The van der Waals surface area contributed by atoms with Gasteiger partial charge >= 0.3 is 5.97 Å². The molecule has 1 rings (SSSR count). The normalized spacial score (nSPS) is 10.2. The van der Waals surface area contributed by atoms with Crippen molar-refractivity contribution < 1.29 is 19.3 Å². The Labute approximate surface area is 101 Å². The average Bonchev–Trinajstić information content (AvgIpc) is 2.33. The van der Waals surface area contributed by atoms with Crippen molar-refractivity contribution in [3.63, 3.8) is 0 Å². The fraction of sp³-hybridized carbons (Fsp3) is 0.385. The summed E-state index contributed by atoms with van der Waals surface area (Å²) in [5.74, 6) is -0.513. The predicted molar refractivity (Wildman–Crippen MR) is 63.1 cm³/mol. The summed E-state index contributed by atoms with van der Waals surface area (Å²) >= 11 is 0. The van der Waals surface area contributed by atoms with Crippen LogP contribution in [0.25, 0.3) is 0 Å². The van der Waals surface area contributed by atoms with Crippen LogP contribution in [-0.4, -0.2) is 19.2 Å². The maximum atomic E-state index is 11.5. The number of hydrogen-bond donors (Lipinski definition) is 0. The largest absolute Gasteiger partial charge is 0.378 e. The Morgan fingerprint density at radius 2 is 2.24 bits per heavy atom. The molecule has 0 atom stereocenters. The number of carbonyl (C=O) groups is 1. The summed E-state index contributed by atoms with van der Waals surface area (Å²) in [7, 11) is 0. The fourth-order valence-corrected chi connectivity index (χ4v) is 1.20. The molecule has 4 heteroatoms. The van der Waals surface area contributed by atoms with Gasteiger partial charge in [-0.25, -0.2) is 4.79 Å². The van der Waals surface area contributed by atoms with Crippen LogP contribution in [-0.2, 0) is 14.5 Å². The number of carbonyl (C=O) groups excluding carboxylic acids is 1. The topological polar surface area (TPSA) is 44.8 Å². The molecular formula is C13H17O4. The highest BCUT2D eigenvalue weighted by atomic mass is 17.2. The maximum Gasteiger partial charge on any atom is 0.373 e. The van der Waals surface area contributed by atoms with E-state index in [-0.39, 0.29) is 0 Å². The van der Waals surface area contributed by atoms with Crippen LogP contribution in [0.2, 0.25) is 0 Å². The smallest absolute Gasteiger partial charge is 0.373 e. The van der Waals surface area contributed by atoms with E-state index in [2.05, 4.69) is 9.78 Å². The zero-order valence-corrected chi connectivity index (χ0v) is 10.1. The lowest BCUT2D eigenvalue weighted by atomic mass is 10.1. The van der Waals surface area contributed by atoms with Gasteiger partial charge in [0, 0.05) is 6.61 Å². The molecule has 1 aromatic carbocycles. The summed E-state index contributed by atoms with van der Waals surface area (Å²) in [5, 5.41) is 0. The first kappa shape index (κ1) is 13.7. The molecule has 1 aromatic rings. The van der Waals surface area contributed by atoms with Gasteiger partial charge in [0.15, 0.2) is 6.61 Å². The quantitative estimate of drug-likeness (QED) is 0.415. The second-order valence-corrected chi connectivity index (χ2v) is 3.58. The van der Waals surface area contributed by atoms with Crippen LogP contribution >= 0.6 is 0 Å². The molecule has 0 aliphatic heterocycles. The Bertz CT molecular complexity index is 349. The number of hydrogen-bond acceptors (Lipinski definition) is 4. The van der Waals surface area contributed by atoms with Crippen molar-refractivity contribution in [3.8, 4) is 0 Å². The van der Waals surface area contributed by atoms with Crippen LogP contribution in [0, 0.1) is 13.5 Å². The second kappa shape index (κ2) is 7.81. The van der Waals surface area contributed by atoms with Crippen molar-refractivity contribution in [2.75, 3.05) is 13.2 Å². The van der Waals surface area contributed by atoms with E-state index in [9.17, 15) is 4.79 Å². The summed E-state index contributed by atoms with van der Waals surface area (Å²) in [4.78, 5) is 20.7. The van der Waals surface area contributed by atoms with E-state index in [4.69, 9.17) is 4.74 Å². The van der Waals surface area contributed by atoms with E-state index in [0.29, 0.717) is 18.8 Å². The van der Waals surface area contributed by atoms with Gasteiger partial charge in [0.1, 0.15) is 0 Å². The fourth-order valence-electron chi connectivity index (χ4n) is 1.20. The standard InChI is InChI=1S/C13H17O4/c1-3-7-15-8-9-16-17-13(14)12-6-4-5-11(2)10-12/h4-6,9-10H,3,7-8H2,1-2H3. The van der Waals surface area contributed by atoms with Crippen molar-refractivity contribution in [3.05, 3.63) is 42.0 Å². The molecule has 0 amide bonds. The van der Waals surface area contributed by atoms with Crippen LogP contribution in [0.4, 0.5) is 0 Å². The van der Waals surface area contributed by atoms with Crippen LogP contribution in [0.15, 0.2) is 24.3 Å². The van der Waals surface area contributed by atoms with Gasteiger partial charge < -0.3 is 4.74 Å². The number of rotatable bonds is 7. The maximum absolute atomic E-state index is 11.5. The van der Waals surface area contributed by atoms with Gasteiger partial charge in [0.2, 0.25) is 0 Å². The zero-order chi connectivity index (χ0) is 12.5. The zero-order valence-electron chi connectivity index (χ0n) is 10.1. The minimum absolute atomic E-state index is 0.301. The van der Waals surface area contributed by atoms with Crippen molar-refractivity contribution in [2.45, 2.75) is 20.3 Å². The summed E-state index contributed by atoms with van der Waals surface area (Å²) < 4.78 is 5.12. The molecule has 93 valence electrons. The Kier molecular flexibility index (Phi) is 6.29. The third kappa shape index (κ3) is 5.47. The molecule has 1 radical (unpaired) electrons. The SMILES string of the molecule is CCCOC[CH]OOC(=O)c1cccc(C)c1. The van der Waals surface area contributed by atoms with E-state index in [1.807, 2.05) is 19.9 Å². The molecular weight excluding hydrogens is 220 g/mol. The number of aryl methyl sites for hydroxylation is 1. The first-order chi connectivity index (χ1) is 8.24. The summed E-state index contributed by atoms with van der Waals surface area (Å²) in [5.41, 5.74) is 1.46. The van der Waals surface area contributed by atoms with Crippen molar-refractivity contribution in [1.29, 1.82) is 0 Å². The van der Waals surface area contributed by atoms with Crippen LogP contribution in [0.3, 0.4) is 0 Å². The van der Waals surface area contributed by atoms with E-state index >= 15 is 0 Å². The molecule has 0 bridgehead atoms. The number of benzene rings is 1. The predicted octanol–water partition coefficient (Wildman–Crippen LogP) is 2.67. The minimum Gasteiger partial charge on any atom is -0.378 e. The van der Waals surface area contributed by atoms with Crippen molar-refractivity contribution >= 4 is 5.97 Å². The third-order valence-corrected chi connectivity index (χ3v) is 1.98. The van der Waals surface area contributed by atoms with Crippen LogP contribution < -0.4 is 0 Å². The van der Waals surface area contributed by atoms with Gasteiger partial charge in [0.05, 0.1) is 12.2 Å². The Hall–Kier alpha value is -1.39. The van der Waals surface area contributed by atoms with Gasteiger partial charge in [-0.1, -0.05) is 24.6 Å². The van der Waals surface area contributed by atoms with E-state index in [0.717, 1.165) is 12.0 Å². The molecule has 0 aromatic heterocycles. The van der Waals surface area contributed by atoms with Crippen molar-refractivity contribution in [1.82, 2.24) is 0 Å². The lowest BCUT2D eigenvalue weighted by molar-refractivity contribution is -0.218. The van der Waals surface area contributed by atoms with Gasteiger partial charge in [-0.3, -0.25) is 4.89 Å². The van der Waals surface area contributed by atoms with E-state index in [1.165, 1.54) is 6.61 Å². The Morgan fingerprint density at radius 3 is 2.94 bits per heavy atom. The highest BCUT2D eigenvalue weighted by Crippen LogP contribution is 2.06. The molecule has 17 heavy (non-hydrogen) atoms. The average molecular weight is 237 g/mol. The molecule has 0 spiro atoms. The molecule has 0 unspecified atom stereocenters. The molecule has 0 aliphatic carbocycles. The van der Waals surface area contributed by atoms with Crippen molar-refractivity contribution in [2.24, 2.45) is 0 Å². The Balaban J connectivity index is 2.21. The third-order valence-electron chi connectivity index (χ3n) is 1.98. The van der Waals surface area contributed by atoms with Gasteiger partial charge in [-0.05, 0) is 25.5 Å². The van der Waals surface area contributed by atoms with Gasteiger partial charge in [-0.2, -0.15) is 4.89 Å². The Morgan fingerprint density at radius 1 is 1.41 bits per heavy atom. The summed E-state index contributed by atoms with van der Waals surface area (Å²) in [6.07, 6.45) is 0.941. The highest BCUT2D eigenvalue weighted by Gasteiger charge is 2.07. The molecule has 0 aliphatic rings. The lowest BCUT2D eigenvalue weighted by Gasteiger charge is -2.04. The van der Waals surface area contributed by atoms with Crippen LogP contribution in [0.5, 0.6) is 0 Å². The monoisotopic (exact) mass is 237 g/mol. The summed E-state index contributed by atoms with van der Waals surface area (Å²) in [6, 6.07) is 7.11. The minimum atomic E-state index is -0.513. The molecule has 0 saturated carbocycles. The van der Waals surface area contributed by atoms with E-state index in [1.54, 1.807) is 18.2 Å². The van der Waals surface area contributed by atoms with E-state index < -0.39 is 5.97 Å². The molecule has 0 heterocycles. The lowest BCUT2D eigenvalue weighted by Crippen LogP contribution is -2.07. The van der Waals surface area contributed by atoms with Gasteiger partial charge in [0.25, 0.3) is 0 Å². The second-order valence-electron chi connectivity index (χ2n) is 3.58. The molecule has 0 saturated heterocycles. The van der Waals surface area contributed by atoms with Crippen LogP contribution in [0.1, 0.15) is 29.3 Å². The molecule has 0 fully saturated rings. The first-order valence-corrected chi connectivity index (χ1v) is 5.57. The molecule has 4 nitrogen and oxygen atoms in total. The summed E-state index contributed by atoms with van der Waals surface area (Å²) in [6.45, 7) is 6.19. The first-order valence-electron chi connectivity index (χ1n) is 5.57. The van der Waals surface area contributed by atoms with Gasteiger partial charge in [-0.15, -0.1) is 0 Å². The highest BCUT2D eigenvalue weighted by molar-refractivity contribution is 5.89. The number of ether oxygens (including phenoxy) is 1. The molecule has 0 N–H and O–H groups in total.